The van der Waals surface area contributed by atoms with Crippen molar-refractivity contribution in [2.24, 2.45) is 0 Å². The lowest BCUT2D eigenvalue weighted by Gasteiger charge is -2.09. The van der Waals surface area contributed by atoms with Crippen LogP contribution >= 0.6 is 11.3 Å². The van der Waals surface area contributed by atoms with Crippen LogP contribution in [-0.4, -0.2) is 25.0 Å². The largest absolute Gasteiger partial charge is 0.453 e. The smallest absolute Gasteiger partial charge is 0.413 e. The second-order valence-corrected chi connectivity index (χ2v) is 5.80. The number of rotatable bonds is 3. The maximum absolute atomic E-state index is 12.4. The molecule has 0 unspecified atom stereocenters. The second kappa shape index (κ2) is 7.06. The number of amides is 3. The number of hydrogen-bond donors (Lipinski definition) is 2. The van der Waals surface area contributed by atoms with Crippen molar-refractivity contribution in [1.29, 1.82) is 0 Å². The first kappa shape index (κ1) is 16.7. The van der Waals surface area contributed by atoms with Gasteiger partial charge < -0.3 is 10.1 Å². The Morgan fingerprint density at radius 2 is 1.78 bits per heavy atom. The first-order chi connectivity index (χ1) is 10.9. The van der Waals surface area contributed by atoms with Crippen molar-refractivity contribution < 1.29 is 19.1 Å². The first-order valence-electron chi connectivity index (χ1n) is 6.77. The lowest BCUT2D eigenvalue weighted by Crippen LogP contribution is -2.30. The van der Waals surface area contributed by atoms with Gasteiger partial charge in [-0.15, -0.1) is 11.3 Å². The molecule has 0 radical (unpaired) electrons. The van der Waals surface area contributed by atoms with Crippen molar-refractivity contribution in [3.63, 3.8) is 0 Å². The number of thiophene rings is 1. The summed E-state index contributed by atoms with van der Waals surface area (Å²) in [5.41, 5.74) is 2.55. The quantitative estimate of drug-likeness (QED) is 0.904. The Bertz CT molecular complexity index is 767. The molecule has 23 heavy (non-hydrogen) atoms. The molecule has 1 heterocycles. The van der Waals surface area contributed by atoms with Crippen LogP contribution < -0.4 is 10.6 Å². The van der Waals surface area contributed by atoms with Crippen LogP contribution in [0.25, 0.3) is 0 Å². The van der Waals surface area contributed by atoms with Gasteiger partial charge in [-0.2, -0.15) is 0 Å². The standard InChI is InChI=1S/C16H16N2O4S/c1-9-4-5-10(2)12(8-9)14(20)17-15-11(6-7-23-15)13(19)18-16(21)22-3/h4-8H,1-3H3,(H,17,20)(H,18,19,21). The summed E-state index contributed by atoms with van der Waals surface area (Å²) >= 11 is 1.20. The number of hydrogen-bond acceptors (Lipinski definition) is 5. The average molecular weight is 332 g/mol. The number of nitrogens with one attached hydrogen (secondary N) is 2. The van der Waals surface area contributed by atoms with E-state index in [-0.39, 0.29) is 11.5 Å². The van der Waals surface area contributed by atoms with E-state index < -0.39 is 12.0 Å². The van der Waals surface area contributed by atoms with E-state index in [0.29, 0.717) is 10.6 Å². The monoisotopic (exact) mass is 332 g/mol. The highest BCUT2D eigenvalue weighted by atomic mass is 32.1. The maximum Gasteiger partial charge on any atom is 0.413 e. The van der Waals surface area contributed by atoms with Crippen LogP contribution in [0.15, 0.2) is 29.6 Å². The van der Waals surface area contributed by atoms with Crippen LogP contribution in [0.4, 0.5) is 9.80 Å². The van der Waals surface area contributed by atoms with Gasteiger partial charge in [-0.05, 0) is 36.9 Å². The topological polar surface area (TPSA) is 84.5 Å². The molecule has 1 aromatic carbocycles. The summed E-state index contributed by atoms with van der Waals surface area (Å²) in [7, 11) is 1.17. The highest BCUT2D eigenvalue weighted by molar-refractivity contribution is 7.14. The number of ether oxygens (including phenoxy) is 1. The molecule has 0 aliphatic carbocycles. The summed E-state index contributed by atoms with van der Waals surface area (Å²) in [5.74, 6) is -0.935. The number of methoxy groups -OCH3 is 1. The molecule has 6 nitrogen and oxygen atoms in total. The molecule has 0 fully saturated rings. The predicted molar refractivity (Wildman–Crippen MR) is 88.1 cm³/mol. The van der Waals surface area contributed by atoms with E-state index in [9.17, 15) is 14.4 Å². The van der Waals surface area contributed by atoms with E-state index in [1.54, 1.807) is 11.4 Å². The zero-order chi connectivity index (χ0) is 17.0. The van der Waals surface area contributed by atoms with Gasteiger partial charge in [0, 0.05) is 5.56 Å². The van der Waals surface area contributed by atoms with Crippen molar-refractivity contribution in [1.82, 2.24) is 5.32 Å². The number of carbonyl (C=O) groups is 3. The Labute approximate surface area is 137 Å². The lowest BCUT2D eigenvalue weighted by atomic mass is 10.1. The summed E-state index contributed by atoms with van der Waals surface area (Å²) < 4.78 is 4.38. The molecule has 1 aromatic heterocycles. The molecule has 120 valence electrons. The third-order valence-electron chi connectivity index (χ3n) is 3.18. The van der Waals surface area contributed by atoms with E-state index >= 15 is 0 Å². The van der Waals surface area contributed by atoms with Crippen LogP contribution in [-0.2, 0) is 4.74 Å². The molecule has 0 saturated heterocycles. The van der Waals surface area contributed by atoms with Crippen LogP contribution in [0.5, 0.6) is 0 Å². The first-order valence-corrected chi connectivity index (χ1v) is 7.65. The third-order valence-corrected chi connectivity index (χ3v) is 4.01. The van der Waals surface area contributed by atoms with Crippen molar-refractivity contribution in [2.45, 2.75) is 13.8 Å². The molecular formula is C16H16N2O4S. The van der Waals surface area contributed by atoms with Gasteiger partial charge in [-0.1, -0.05) is 17.7 Å². The molecular weight excluding hydrogens is 316 g/mol. The van der Waals surface area contributed by atoms with Crippen LogP contribution in [0.2, 0.25) is 0 Å². The minimum absolute atomic E-state index is 0.207. The van der Waals surface area contributed by atoms with E-state index in [1.807, 2.05) is 26.0 Å². The van der Waals surface area contributed by atoms with Gasteiger partial charge in [0.15, 0.2) is 0 Å². The average Bonchev–Trinajstić information content (AvgIpc) is 2.97. The van der Waals surface area contributed by atoms with Crippen LogP contribution in [0, 0.1) is 13.8 Å². The zero-order valence-corrected chi connectivity index (χ0v) is 13.7. The van der Waals surface area contributed by atoms with Crippen molar-refractivity contribution in [2.75, 3.05) is 12.4 Å². The van der Waals surface area contributed by atoms with E-state index in [1.165, 1.54) is 24.5 Å². The minimum atomic E-state index is -0.854. The van der Waals surface area contributed by atoms with Gasteiger partial charge in [-0.25, -0.2) is 4.79 Å². The van der Waals surface area contributed by atoms with Gasteiger partial charge in [-0.3, -0.25) is 14.9 Å². The number of benzene rings is 1. The van der Waals surface area contributed by atoms with Crippen LogP contribution in [0.1, 0.15) is 31.8 Å². The molecule has 0 aliphatic heterocycles. The Morgan fingerprint density at radius 1 is 1.04 bits per heavy atom. The Kier molecular flexibility index (Phi) is 5.13. The number of aryl methyl sites for hydroxylation is 2. The summed E-state index contributed by atoms with van der Waals surface area (Å²) in [4.78, 5) is 35.5. The highest BCUT2D eigenvalue weighted by Gasteiger charge is 2.18. The third kappa shape index (κ3) is 3.95. The fourth-order valence-corrected chi connectivity index (χ4v) is 2.73. The van der Waals surface area contributed by atoms with E-state index in [2.05, 4.69) is 15.4 Å². The highest BCUT2D eigenvalue weighted by Crippen LogP contribution is 2.24. The van der Waals surface area contributed by atoms with Gasteiger partial charge >= 0.3 is 6.09 Å². The second-order valence-electron chi connectivity index (χ2n) is 4.88. The molecule has 2 N–H and O–H groups in total. The number of imide groups is 1. The Morgan fingerprint density at radius 3 is 2.48 bits per heavy atom. The van der Waals surface area contributed by atoms with Crippen molar-refractivity contribution >= 4 is 34.2 Å². The fourth-order valence-electron chi connectivity index (χ4n) is 1.95. The molecule has 0 aliphatic rings. The SMILES string of the molecule is COC(=O)NC(=O)c1ccsc1NC(=O)c1cc(C)ccc1C. The predicted octanol–water partition coefficient (Wildman–Crippen LogP) is 3.11. The summed E-state index contributed by atoms with van der Waals surface area (Å²) in [5, 5.41) is 6.81. The fraction of sp³-hybridized carbons (Fsp3) is 0.188. The maximum atomic E-state index is 12.4. The molecule has 3 amide bonds. The summed E-state index contributed by atoms with van der Waals surface area (Å²) in [6.07, 6.45) is -0.854. The summed E-state index contributed by atoms with van der Waals surface area (Å²) in [6, 6.07) is 7.10. The van der Waals surface area contributed by atoms with E-state index in [4.69, 9.17) is 0 Å². The van der Waals surface area contributed by atoms with E-state index in [0.717, 1.165) is 11.1 Å². The van der Waals surface area contributed by atoms with Crippen molar-refractivity contribution in [3.05, 3.63) is 51.9 Å². The van der Waals surface area contributed by atoms with Gasteiger partial charge in [0.25, 0.3) is 11.8 Å². The van der Waals surface area contributed by atoms with Crippen LogP contribution in [0.3, 0.4) is 0 Å². The molecule has 2 rings (SSSR count). The molecule has 7 heteroatoms. The van der Waals surface area contributed by atoms with Gasteiger partial charge in [0.2, 0.25) is 0 Å². The number of carbonyl (C=O) groups excluding carboxylic acids is 3. The number of alkyl carbamates (subject to hydrolysis) is 1. The molecule has 0 saturated carbocycles. The minimum Gasteiger partial charge on any atom is -0.453 e. The molecule has 0 spiro atoms. The van der Waals surface area contributed by atoms with Gasteiger partial charge in [0.1, 0.15) is 5.00 Å². The molecule has 0 atom stereocenters. The Hall–Kier alpha value is -2.67. The lowest BCUT2D eigenvalue weighted by molar-refractivity contribution is 0.0938. The van der Waals surface area contributed by atoms with Gasteiger partial charge in [0.05, 0.1) is 12.7 Å². The summed E-state index contributed by atoms with van der Waals surface area (Å²) in [6.45, 7) is 3.74. The Balaban J connectivity index is 2.20. The van der Waals surface area contributed by atoms with Crippen molar-refractivity contribution in [3.8, 4) is 0 Å². The molecule has 2 aromatic rings. The normalized spacial score (nSPS) is 10.0. The number of anilines is 1. The molecule has 0 bridgehead atoms. The zero-order valence-electron chi connectivity index (χ0n) is 12.9.